The highest BCUT2D eigenvalue weighted by Crippen LogP contribution is 2.26. The Morgan fingerprint density at radius 2 is 1.97 bits per heavy atom. The summed E-state index contributed by atoms with van der Waals surface area (Å²) in [7, 11) is 3.39. The Hall–Kier alpha value is -2.81. The number of hydrogen-bond donors (Lipinski definition) is 3. The molecule has 0 spiro atoms. The summed E-state index contributed by atoms with van der Waals surface area (Å²) in [5.41, 5.74) is 1.31. The van der Waals surface area contributed by atoms with E-state index in [1.165, 1.54) is 0 Å². The number of anilines is 2. The van der Waals surface area contributed by atoms with Gasteiger partial charge < -0.3 is 30.3 Å². The third-order valence-corrected chi connectivity index (χ3v) is 5.93. The first-order valence-electron chi connectivity index (χ1n) is 10.9. The van der Waals surface area contributed by atoms with E-state index in [9.17, 15) is 9.59 Å². The second kappa shape index (κ2) is 11.4. The SMILES string of the molecule is CO[C@H]1CN(C)C(=O)c2cc(NC(=O)Nc3ccccc3Cl)ccc2OC[C@@H](C)NC[C@H]1C. The summed E-state index contributed by atoms with van der Waals surface area (Å²) in [5.74, 6) is 0.448. The summed E-state index contributed by atoms with van der Waals surface area (Å²) in [6, 6.07) is 11.6. The molecule has 33 heavy (non-hydrogen) atoms. The first kappa shape index (κ1) is 24.8. The lowest BCUT2D eigenvalue weighted by Gasteiger charge is -2.30. The van der Waals surface area contributed by atoms with Gasteiger partial charge in [-0.1, -0.05) is 30.7 Å². The minimum absolute atomic E-state index is 0.0873. The third-order valence-electron chi connectivity index (χ3n) is 5.60. The molecule has 0 aromatic heterocycles. The van der Waals surface area contributed by atoms with Gasteiger partial charge in [0.15, 0.2) is 0 Å². The number of rotatable bonds is 3. The Morgan fingerprint density at radius 3 is 2.70 bits per heavy atom. The van der Waals surface area contributed by atoms with Crippen LogP contribution >= 0.6 is 11.6 Å². The van der Waals surface area contributed by atoms with Crippen molar-refractivity contribution < 1.29 is 19.1 Å². The van der Waals surface area contributed by atoms with Crippen molar-refractivity contribution in [3.63, 3.8) is 0 Å². The van der Waals surface area contributed by atoms with Gasteiger partial charge in [-0.3, -0.25) is 4.79 Å². The van der Waals surface area contributed by atoms with Gasteiger partial charge in [0.25, 0.3) is 5.91 Å². The summed E-state index contributed by atoms with van der Waals surface area (Å²) in [4.78, 5) is 27.4. The number of likely N-dealkylation sites (N-methyl/N-ethyl adjacent to an activating group) is 1. The predicted octanol–water partition coefficient (Wildman–Crippen LogP) is 4.08. The molecule has 3 N–H and O–H groups in total. The van der Waals surface area contributed by atoms with Crippen molar-refractivity contribution in [3.05, 3.63) is 53.1 Å². The van der Waals surface area contributed by atoms with Gasteiger partial charge in [-0.15, -0.1) is 0 Å². The fourth-order valence-corrected chi connectivity index (χ4v) is 3.77. The Bertz CT molecular complexity index is 987. The monoisotopic (exact) mass is 474 g/mol. The molecule has 3 amide bonds. The average molecular weight is 475 g/mol. The number of carbonyl (C=O) groups excluding carboxylic acids is 2. The van der Waals surface area contributed by atoms with Crippen LogP contribution in [0, 0.1) is 5.92 Å². The molecule has 0 radical (unpaired) electrons. The van der Waals surface area contributed by atoms with Crippen molar-refractivity contribution >= 4 is 34.9 Å². The van der Waals surface area contributed by atoms with Crippen LogP contribution in [0.4, 0.5) is 16.2 Å². The van der Waals surface area contributed by atoms with E-state index < -0.39 is 6.03 Å². The van der Waals surface area contributed by atoms with E-state index in [1.54, 1.807) is 61.5 Å². The van der Waals surface area contributed by atoms with Gasteiger partial charge >= 0.3 is 6.03 Å². The Morgan fingerprint density at radius 1 is 1.21 bits per heavy atom. The highest BCUT2D eigenvalue weighted by atomic mass is 35.5. The number of urea groups is 1. The molecule has 0 aliphatic carbocycles. The average Bonchev–Trinajstić information content (AvgIpc) is 2.80. The van der Waals surface area contributed by atoms with Crippen molar-refractivity contribution in [2.45, 2.75) is 26.0 Å². The third kappa shape index (κ3) is 6.60. The van der Waals surface area contributed by atoms with Crippen LogP contribution in [-0.4, -0.2) is 62.8 Å². The van der Waals surface area contributed by atoms with Gasteiger partial charge in [-0.25, -0.2) is 4.79 Å². The molecular weight excluding hydrogens is 444 g/mol. The van der Waals surface area contributed by atoms with E-state index in [1.807, 2.05) is 6.92 Å². The first-order chi connectivity index (χ1) is 15.8. The first-order valence-corrected chi connectivity index (χ1v) is 11.3. The van der Waals surface area contributed by atoms with Crippen LogP contribution in [0.5, 0.6) is 5.75 Å². The lowest BCUT2D eigenvalue weighted by atomic mass is 10.0. The summed E-state index contributed by atoms with van der Waals surface area (Å²) in [5, 5.41) is 9.34. The zero-order chi connectivity index (χ0) is 24.0. The van der Waals surface area contributed by atoms with Gasteiger partial charge in [-0.2, -0.15) is 0 Å². The van der Waals surface area contributed by atoms with E-state index in [4.69, 9.17) is 21.1 Å². The van der Waals surface area contributed by atoms with Gasteiger partial charge in [0.1, 0.15) is 12.4 Å². The second-order valence-corrected chi connectivity index (χ2v) is 8.73. The maximum Gasteiger partial charge on any atom is 0.323 e. The van der Waals surface area contributed by atoms with E-state index in [0.29, 0.717) is 40.9 Å². The van der Waals surface area contributed by atoms with Crippen molar-refractivity contribution in [2.75, 3.05) is 44.5 Å². The van der Waals surface area contributed by atoms with Crippen LogP contribution in [0.3, 0.4) is 0 Å². The quantitative estimate of drug-likeness (QED) is 0.623. The fraction of sp³-hybridized carbons (Fsp3) is 0.417. The Kier molecular flexibility index (Phi) is 8.55. The summed E-state index contributed by atoms with van der Waals surface area (Å²) in [6.45, 7) is 5.70. The molecule has 2 aromatic carbocycles. The number of halogens is 1. The van der Waals surface area contributed by atoms with Crippen LogP contribution in [-0.2, 0) is 4.74 Å². The molecule has 2 aromatic rings. The van der Waals surface area contributed by atoms with Crippen LogP contribution < -0.4 is 20.7 Å². The topological polar surface area (TPSA) is 91.9 Å². The number of para-hydroxylation sites is 1. The number of methoxy groups -OCH3 is 1. The molecule has 178 valence electrons. The molecule has 0 saturated heterocycles. The van der Waals surface area contributed by atoms with Gasteiger partial charge in [0.05, 0.1) is 22.4 Å². The lowest BCUT2D eigenvalue weighted by molar-refractivity contribution is 0.0281. The normalized spacial score (nSPS) is 21.8. The minimum Gasteiger partial charge on any atom is -0.491 e. The number of hydrogen-bond acceptors (Lipinski definition) is 5. The van der Waals surface area contributed by atoms with Crippen LogP contribution in [0.25, 0.3) is 0 Å². The fourth-order valence-electron chi connectivity index (χ4n) is 3.59. The van der Waals surface area contributed by atoms with Gasteiger partial charge in [0.2, 0.25) is 0 Å². The van der Waals surface area contributed by atoms with E-state index >= 15 is 0 Å². The number of ether oxygens (including phenoxy) is 2. The molecule has 3 atom stereocenters. The molecule has 8 nitrogen and oxygen atoms in total. The Balaban J connectivity index is 1.83. The molecule has 0 saturated carbocycles. The van der Waals surface area contributed by atoms with Gasteiger partial charge in [-0.05, 0) is 43.2 Å². The van der Waals surface area contributed by atoms with Crippen molar-refractivity contribution in [1.82, 2.24) is 10.2 Å². The standard InChI is InChI=1S/C24H31ClN4O4/c1-15-12-26-16(2)14-33-21-10-9-17(11-18(21)23(30)29(3)13-22(15)32-4)27-24(31)28-20-8-6-5-7-19(20)25/h5-11,15-16,22,26H,12-14H2,1-4H3,(H2,27,28,31)/t15-,16-,22+/m1/s1. The number of amides is 3. The highest BCUT2D eigenvalue weighted by Gasteiger charge is 2.25. The number of carbonyl (C=O) groups is 2. The van der Waals surface area contributed by atoms with Crippen LogP contribution in [0.1, 0.15) is 24.2 Å². The molecule has 0 fully saturated rings. The second-order valence-electron chi connectivity index (χ2n) is 8.33. The number of fused-ring (bicyclic) bond motifs is 1. The molecule has 1 heterocycles. The summed E-state index contributed by atoms with van der Waals surface area (Å²) in [6.07, 6.45) is -0.120. The lowest BCUT2D eigenvalue weighted by Crippen LogP contribution is -2.44. The maximum atomic E-state index is 13.3. The van der Waals surface area contributed by atoms with Crippen LogP contribution in [0.15, 0.2) is 42.5 Å². The zero-order valence-electron chi connectivity index (χ0n) is 19.4. The van der Waals surface area contributed by atoms with E-state index in [0.717, 1.165) is 6.54 Å². The largest absolute Gasteiger partial charge is 0.491 e. The molecule has 3 rings (SSSR count). The number of benzene rings is 2. The molecule has 1 aliphatic rings. The van der Waals surface area contributed by atoms with Gasteiger partial charge in [0, 0.05) is 39.0 Å². The number of nitrogens with one attached hydrogen (secondary N) is 3. The van der Waals surface area contributed by atoms with E-state index in [2.05, 4.69) is 22.9 Å². The molecule has 1 aliphatic heterocycles. The van der Waals surface area contributed by atoms with Crippen molar-refractivity contribution in [3.8, 4) is 5.75 Å². The molecule has 9 heteroatoms. The maximum absolute atomic E-state index is 13.3. The van der Waals surface area contributed by atoms with E-state index in [-0.39, 0.29) is 24.0 Å². The summed E-state index contributed by atoms with van der Waals surface area (Å²) < 4.78 is 11.6. The van der Waals surface area contributed by atoms with Crippen molar-refractivity contribution in [1.29, 1.82) is 0 Å². The smallest absolute Gasteiger partial charge is 0.323 e. The molecule has 0 bridgehead atoms. The van der Waals surface area contributed by atoms with Crippen molar-refractivity contribution in [2.24, 2.45) is 5.92 Å². The number of nitrogens with zero attached hydrogens (tertiary/aromatic N) is 1. The zero-order valence-corrected chi connectivity index (χ0v) is 20.1. The minimum atomic E-state index is -0.469. The molecule has 0 unspecified atom stereocenters. The Labute approximate surface area is 199 Å². The predicted molar refractivity (Wildman–Crippen MR) is 130 cm³/mol. The molecular formula is C24H31ClN4O4. The highest BCUT2D eigenvalue weighted by molar-refractivity contribution is 6.33. The summed E-state index contributed by atoms with van der Waals surface area (Å²) >= 11 is 6.11. The van der Waals surface area contributed by atoms with Crippen LogP contribution in [0.2, 0.25) is 5.02 Å².